The molecule has 1 aliphatic heterocycles. The van der Waals surface area contributed by atoms with Crippen LogP contribution in [0.15, 0.2) is 47.4 Å². The SMILES string of the molecule is CCOc1cc(/C=C2\SC(=O)N(Cc3ccccc3[N+](=O)[O-])C2=O)ccc1OC(C)CC. The first-order valence-corrected chi connectivity index (χ1v) is 11.1. The molecule has 8 nitrogen and oxygen atoms in total. The molecule has 1 heterocycles. The van der Waals surface area contributed by atoms with E-state index in [1.54, 1.807) is 36.4 Å². The standard InChI is InChI=1S/C23H24N2O6S/c1-4-15(3)31-19-11-10-16(12-20(19)30-5-2)13-21-22(26)24(23(27)32-21)14-17-8-6-7-9-18(17)25(28)29/h6-13,15H,4-5,14H2,1-3H3/b21-13-. The lowest BCUT2D eigenvalue weighted by molar-refractivity contribution is -0.385. The summed E-state index contributed by atoms with van der Waals surface area (Å²) >= 11 is 0.804. The molecule has 0 aliphatic carbocycles. The van der Waals surface area contributed by atoms with E-state index < -0.39 is 16.1 Å². The van der Waals surface area contributed by atoms with Gasteiger partial charge in [-0.2, -0.15) is 0 Å². The maximum atomic E-state index is 12.9. The Labute approximate surface area is 190 Å². The highest BCUT2D eigenvalue weighted by atomic mass is 32.2. The van der Waals surface area contributed by atoms with Crippen molar-refractivity contribution in [3.8, 4) is 11.5 Å². The fraction of sp³-hybridized carbons (Fsp3) is 0.304. The number of hydrogen-bond donors (Lipinski definition) is 0. The number of nitro benzene ring substituents is 1. The van der Waals surface area contributed by atoms with Gasteiger partial charge in [0.25, 0.3) is 16.8 Å². The van der Waals surface area contributed by atoms with E-state index in [0.29, 0.717) is 29.2 Å². The lowest BCUT2D eigenvalue weighted by atomic mass is 10.1. The van der Waals surface area contributed by atoms with Crippen LogP contribution in [0.5, 0.6) is 11.5 Å². The van der Waals surface area contributed by atoms with Gasteiger partial charge in [0.15, 0.2) is 11.5 Å². The Morgan fingerprint density at radius 2 is 1.91 bits per heavy atom. The molecular formula is C23H24N2O6S. The zero-order chi connectivity index (χ0) is 23.3. The summed E-state index contributed by atoms with van der Waals surface area (Å²) in [4.78, 5) is 37.3. The van der Waals surface area contributed by atoms with Gasteiger partial charge in [-0.05, 0) is 55.8 Å². The van der Waals surface area contributed by atoms with Crippen LogP contribution in [0, 0.1) is 10.1 Å². The summed E-state index contributed by atoms with van der Waals surface area (Å²) in [5.74, 6) is 0.680. The zero-order valence-corrected chi connectivity index (χ0v) is 18.9. The minimum atomic E-state index is -0.525. The first-order valence-electron chi connectivity index (χ1n) is 10.2. The van der Waals surface area contributed by atoms with Crippen LogP contribution in [0.4, 0.5) is 10.5 Å². The molecule has 1 saturated heterocycles. The largest absolute Gasteiger partial charge is 0.490 e. The number of hydrogen-bond acceptors (Lipinski definition) is 7. The van der Waals surface area contributed by atoms with Gasteiger partial charge in [0.2, 0.25) is 0 Å². The monoisotopic (exact) mass is 456 g/mol. The zero-order valence-electron chi connectivity index (χ0n) is 18.1. The van der Waals surface area contributed by atoms with Crippen molar-refractivity contribution in [2.45, 2.75) is 39.8 Å². The van der Waals surface area contributed by atoms with Gasteiger partial charge in [-0.1, -0.05) is 31.2 Å². The van der Waals surface area contributed by atoms with E-state index in [-0.39, 0.29) is 23.2 Å². The molecule has 0 aromatic heterocycles. The predicted molar refractivity (Wildman–Crippen MR) is 123 cm³/mol. The van der Waals surface area contributed by atoms with Gasteiger partial charge in [0, 0.05) is 11.6 Å². The van der Waals surface area contributed by atoms with Crippen molar-refractivity contribution in [1.29, 1.82) is 0 Å². The number of nitro groups is 1. The molecule has 0 bridgehead atoms. The van der Waals surface area contributed by atoms with Crippen molar-refractivity contribution in [3.05, 3.63) is 68.6 Å². The third-order valence-electron chi connectivity index (χ3n) is 4.86. The highest BCUT2D eigenvalue weighted by Crippen LogP contribution is 2.36. The fourth-order valence-corrected chi connectivity index (χ4v) is 3.90. The average molecular weight is 457 g/mol. The second kappa shape index (κ2) is 10.3. The van der Waals surface area contributed by atoms with Crippen molar-refractivity contribution in [1.82, 2.24) is 4.90 Å². The lowest BCUT2D eigenvalue weighted by Gasteiger charge is -2.16. The van der Waals surface area contributed by atoms with Crippen LogP contribution in [0.3, 0.4) is 0 Å². The molecule has 2 amide bonds. The normalized spacial score (nSPS) is 15.8. The van der Waals surface area contributed by atoms with Gasteiger partial charge in [-0.15, -0.1) is 0 Å². The van der Waals surface area contributed by atoms with Gasteiger partial charge in [-0.25, -0.2) is 0 Å². The summed E-state index contributed by atoms with van der Waals surface area (Å²) in [5, 5.41) is 10.8. The number of ether oxygens (including phenoxy) is 2. The molecule has 9 heteroatoms. The third-order valence-corrected chi connectivity index (χ3v) is 5.77. The van der Waals surface area contributed by atoms with Crippen molar-refractivity contribution in [2.75, 3.05) is 6.61 Å². The first kappa shape index (κ1) is 23.3. The summed E-state index contributed by atoms with van der Waals surface area (Å²) in [5.41, 5.74) is 0.848. The van der Waals surface area contributed by atoms with Crippen LogP contribution in [-0.4, -0.2) is 33.7 Å². The third kappa shape index (κ3) is 5.28. The van der Waals surface area contributed by atoms with E-state index in [2.05, 4.69) is 0 Å². The first-order chi connectivity index (χ1) is 15.3. The molecule has 1 fully saturated rings. The summed E-state index contributed by atoms with van der Waals surface area (Å²) in [6.45, 7) is 6.15. The van der Waals surface area contributed by atoms with Crippen LogP contribution < -0.4 is 9.47 Å². The van der Waals surface area contributed by atoms with E-state index in [9.17, 15) is 19.7 Å². The van der Waals surface area contributed by atoms with Crippen LogP contribution in [0.1, 0.15) is 38.3 Å². The second-order valence-corrected chi connectivity index (χ2v) is 8.12. The molecule has 3 rings (SSSR count). The minimum absolute atomic E-state index is 0.0265. The number of benzene rings is 2. The van der Waals surface area contributed by atoms with Crippen LogP contribution >= 0.6 is 11.8 Å². The van der Waals surface area contributed by atoms with E-state index in [1.165, 1.54) is 12.1 Å². The molecule has 2 aromatic carbocycles. The van der Waals surface area contributed by atoms with Gasteiger partial charge in [-0.3, -0.25) is 24.6 Å². The minimum Gasteiger partial charge on any atom is -0.490 e. The number of imide groups is 1. The summed E-state index contributed by atoms with van der Waals surface area (Å²) in [6.07, 6.45) is 2.48. The molecular weight excluding hydrogens is 432 g/mol. The predicted octanol–water partition coefficient (Wildman–Crippen LogP) is 5.41. The molecule has 1 aliphatic rings. The van der Waals surface area contributed by atoms with E-state index in [1.807, 2.05) is 20.8 Å². The second-order valence-electron chi connectivity index (χ2n) is 7.13. The molecule has 0 spiro atoms. The Morgan fingerprint density at radius 1 is 1.16 bits per heavy atom. The van der Waals surface area contributed by atoms with E-state index >= 15 is 0 Å². The lowest BCUT2D eigenvalue weighted by Crippen LogP contribution is -2.27. The Kier molecular flexibility index (Phi) is 7.53. The van der Waals surface area contributed by atoms with Crippen LogP contribution in [-0.2, 0) is 11.3 Å². The number of thioether (sulfide) groups is 1. The number of carbonyl (C=O) groups is 2. The summed E-state index contributed by atoms with van der Waals surface area (Å²) in [6, 6.07) is 11.4. The van der Waals surface area contributed by atoms with Gasteiger partial charge in [0.05, 0.1) is 29.1 Å². The Morgan fingerprint density at radius 3 is 2.59 bits per heavy atom. The number of amides is 2. The molecule has 0 saturated carbocycles. The Bertz CT molecular complexity index is 1070. The average Bonchev–Trinajstić information content (AvgIpc) is 3.03. The Balaban J connectivity index is 1.84. The summed E-state index contributed by atoms with van der Waals surface area (Å²) in [7, 11) is 0. The van der Waals surface area contributed by atoms with Crippen LogP contribution in [0.2, 0.25) is 0 Å². The molecule has 0 N–H and O–H groups in total. The topological polar surface area (TPSA) is 99.0 Å². The smallest absolute Gasteiger partial charge is 0.293 e. The van der Waals surface area contributed by atoms with Gasteiger partial charge < -0.3 is 9.47 Å². The number of carbonyl (C=O) groups excluding carboxylic acids is 2. The number of nitrogens with zero attached hydrogens (tertiary/aromatic N) is 2. The summed E-state index contributed by atoms with van der Waals surface area (Å²) < 4.78 is 11.6. The van der Waals surface area contributed by atoms with E-state index in [4.69, 9.17) is 9.47 Å². The fourth-order valence-electron chi connectivity index (χ4n) is 3.06. The molecule has 0 radical (unpaired) electrons. The molecule has 168 valence electrons. The van der Waals surface area contributed by atoms with Crippen LogP contribution in [0.25, 0.3) is 6.08 Å². The molecule has 32 heavy (non-hydrogen) atoms. The number of rotatable bonds is 9. The van der Waals surface area contributed by atoms with Crippen molar-refractivity contribution < 1.29 is 24.0 Å². The molecule has 2 aromatic rings. The number of para-hydroxylation sites is 1. The highest BCUT2D eigenvalue weighted by molar-refractivity contribution is 8.18. The van der Waals surface area contributed by atoms with Crippen molar-refractivity contribution in [3.63, 3.8) is 0 Å². The van der Waals surface area contributed by atoms with E-state index in [0.717, 1.165) is 23.1 Å². The molecule has 1 atom stereocenters. The van der Waals surface area contributed by atoms with Gasteiger partial charge >= 0.3 is 0 Å². The molecule has 1 unspecified atom stereocenters. The van der Waals surface area contributed by atoms with Crippen molar-refractivity contribution in [2.24, 2.45) is 0 Å². The maximum Gasteiger partial charge on any atom is 0.293 e. The van der Waals surface area contributed by atoms with Gasteiger partial charge in [0.1, 0.15) is 0 Å². The highest BCUT2D eigenvalue weighted by Gasteiger charge is 2.36. The Hall–Kier alpha value is -3.33. The van der Waals surface area contributed by atoms with Crippen molar-refractivity contribution >= 4 is 34.7 Å². The maximum absolute atomic E-state index is 12.9. The quantitative estimate of drug-likeness (QED) is 0.283.